The fraction of sp³-hybridized carbons (Fsp3) is 0.200. The summed E-state index contributed by atoms with van der Waals surface area (Å²) in [5.41, 5.74) is -0.202. The third kappa shape index (κ3) is 2.23. The molecule has 1 rings (SSSR count). The maximum atomic E-state index is 13.5. The molecule has 0 spiro atoms. The predicted molar refractivity (Wildman–Crippen MR) is 49.0 cm³/mol. The van der Waals surface area contributed by atoms with Crippen molar-refractivity contribution in [2.24, 2.45) is 0 Å². The van der Waals surface area contributed by atoms with Crippen LogP contribution in [0, 0.1) is 17.1 Å². The Balaban J connectivity index is 3.30. The van der Waals surface area contributed by atoms with Crippen molar-refractivity contribution in [3.8, 4) is 17.6 Å². The number of nitrogens with zero attached hydrogens (tertiary/aromatic N) is 1. The zero-order valence-electron chi connectivity index (χ0n) is 8.20. The van der Waals surface area contributed by atoms with E-state index in [1.165, 1.54) is 19.2 Å². The van der Waals surface area contributed by atoms with E-state index >= 15 is 0 Å². The number of esters is 1. The van der Waals surface area contributed by atoms with E-state index in [1.807, 2.05) is 0 Å². The number of methoxy groups -OCH3 is 1. The number of hydrogen-bond donors (Lipinski definition) is 0. The molecular weight excluding hydrogens is 201 g/mol. The van der Waals surface area contributed by atoms with Crippen LogP contribution in [0.15, 0.2) is 12.1 Å². The molecule has 78 valence electrons. The molecule has 0 heterocycles. The highest BCUT2D eigenvalue weighted by Gasteiger charge is 2.17. The summed E-state index contributed by atoms with van der Waals surface area (Å²) in [4.78, 5) is 10.7. The molecule has 0 atom stereocenters. The largest absolute Gasteiger partial charge is 0.493 e. The molecule has 0 aromatic heterocycles. The van der Waals surface area contributed by atoms with Gasteiger partial charge in [0.1, 0.15) is 6.07 Å². The number of rotatable bonds is 2. The van der Waals surface area contributed by atoms with E-state index in [-0.39, 0.29) is 17.1 Å². The summed E-state index contributed by atoms with van der Waals surface area (Å²) < 4.78 is 22.9. The van der Waals surface area contributed by atoms with Crippen LogP contribution in [-0.2, 0) is 4.79 Å². The molecule has 0 aliphatic rings. The second kappa shape index (κ2) is 4.42. The summed E-state index contributed by atoms with van der Waals surface area (Å²) in [7, 11) is 1.31. The first-order valence-electron chi connectivity index (χ1n) is 4.05. The number of carbonyl (C=O) groups excluding carboxylic acids is 1. The Morgan fingerprint density at radius 1 is 1.53 bits per heavy atom. The smallest absolute Gasteiger partial charge is 0.308 e. The van der Waals surface area contributed by atoms with Gasteiger partial charge in [-0.05, 0) is 12.1 Å². The van der Waals surface area contributed by atoms with Crippen LogP contribution in [0.5, 0.6) is 11.5 Å². The minimum atomic E-state index is -0.896. The second-order valence-electron chi connectivity index (χ2n) is 2.66. The molecular formula is C10H8FNO3. The van der Waals surface area contributed by atoms with Crippen LogP contribution in [0.2, 0.25) is 0 Å². The molecule has 0 bridgehead atoms. The van der Waals surface area contributed by atoms with Gasteiger partial charge in [0.25, 0.3) is 0 Å². The first kappa shape index (κ1) is 11.0. The molecule has 0 fully saturated rings. The molecule has 0 N–H and O–H groups in total. The van der Waals surface area contributed by atoms with Gasteiger partial charge in [0.05, 0.1) is 12.7 Å². The Bertz CT molecular complexity index is 437. The number of halogens is 1. The number of benzene rings is 1. The lowest BCUT2D eigenvalue weighted by Gasteiger charge is -2.08. The molecule has 15 heavy (non-hydrogen) atoms. The fourth-order valence-corrected chi connectivity index (χ4v) is 1.02. The highest BCUT2D eigenvalue weighted by molar-refractivity contribution is 5.71. The van der Waals surface area contributed by atoms with Crippen LogP contribution < -0.4 is 9.47 Å². The second-order valence-corrected chi connectivity index (χ2v) is 2.66. The van der Waals surface area contributed by atoms with Crippen molar-refractivity contribution in [2.75, 3.05) is 7.11 Å². The number of carbonyl (C=O) groups is 1. The lowest BCUT2D eigenvalue weighted by molar-refractivity contribution is -0.132. The monoisotopic (exact) mass is 209 g/mol. The summed E-state index contributed by atoms with van der Waals surface area (Å²) >= 11 is 0. The lowest BCUT2D eigenvalue weighted by atomic mass is 10.2. The van der Waals surface area contributed by atoms with Gasteiger partial charge in [0, 0.05) is 6.92 Å². The first-order valence-corrected chi connectivity index (χ1v) is 4.05. The molecule has 0 aliphatic carbocycles. The SMILES string of the molecule is COc1ccc(C#N)c(F)c1OC(C)=O. The zero-order valence-corrected chi connectivity index (χ0v) is 8.20. The van der Waals surface area contributed by atoms with E-state index in [4.69, 9.17) is 10.00 Å². The van der Waals surface area contributed by atoms with Crippen LogP contribution in [-0.4, -0.2) is 13.1 Å². The number of hydrogen-bond acceptors (Lipinski definition) is 4. The van der Waals surface area contributed by atoms with E-state index in [9.17, 15) is 9.18 Å². The lowest BCUT2D eigenvalue weighted by Crippen LogP contribution is -2.05. The summed E-state index contributed by atoms with van der Waals surface area (Å²) in [6.45, 7) is 1.14. The van der Waals surface area contributed by atoms with Crippen LogP contribution >= 0.6 is 0 Å². The molecule has 0 unspecified atom stereocenters. The van der Waals surface area contributed by atoms with Crippen molar-refractivity contribution in [2.45, 2.75) is 6.92 Å². The molecule has 4 nitrogen and oxygen atoms in total. The highest BCUT2D eigenvalue weighted by atomic mass is 19.1. The molecule has 0 saturated heterocycles. The quantitative estimate of drug-likeness (QED) is 0.548. The Morgan fingerprint density at radius 3 is 2.67 bits per heavy atom. The average Bonchev–Trinajstić information content (AvgIpc) is 2.20. The highest BCUT2D eigenvalue weighted by Crippen LogP contribution is 2.32. The van der Waals surface area contributed by atoms with Crippen LogP contribution in [0.4, 0.5) is 4.39 Å². The van der Waals surface area contributed by atoms with Gasteiger partial charge in [-0.1, -0.05) is 0 Å². The zero-order chi connectivity index (χ0) is 11.4. The Hall–Kier alpha value is -2.09. The van der Waals surface area contributed by atoms with Gasteiger partial charge in [-0.25, -0.2) is 4.39 Å². The Labute approximate surface area is 85.8 Å². The summed E-state index contributed by atoms with van der Waals surface area (Å²) in [5.74, 6) is -1.86. The van der Waals surface area contributed by atoms with Crippen molar-refractivity contribution in [1.82, 2.24) is 0 Å². The van der Waals surface area contributed by atoms with Crippen LogP contribution in [0.25, 0.3) is 0 Å². The maximum absolute atomic E-state index is 13.5. The van der Waals surface area contributed by atoms with Crippen molar-refractivity contribution in [3.05, 3.63) is 23.5 Å². The Kier molecular flexibility index (Phi) is 3.24. The third-order valence-corrected chi connectivity index (χ3v) is 1.65. The van der Waals surface area contributed by atoms with Gasteiger partial charge in [-0.2, -0.15) is 5.26 Å². The van der Waals surface area contributed by atoms with Gasteiger partial charge in [-0.3, -0.25) is 4.79 Å². The van der Waals surface area contributed by atoms with Crippen LogP contribution in [0.3, 0.4) is 0 Å². The normalized spacial score (nSPS) is 9.20. The van der Waals surface area contributed by atoms with Crippen molar-refractivity contribution in [3.63, 3.8) is 0 Å². The number of ether oxygens (including phenoxy) is 2. The van der Waals surface area contributed by atoms with E-state index in [2.05, 4.69) is 4.74 Å². The molecule has 1 aromatic rings. The minimum Gasteiger partial charge on any atom is -0.493 e. The summed E-state index contributed by atoms with van der Waals surface area (Å²) in [6, 6.07) is 4.25. The number of nitriles is 1. The van der Waals surface area contributed by atoms with Gasteiger partial charge in [0.15, 0.2) is 11.6 Å². The topological polar surface area (TPSA) is 59.3 Å². The average molecular weight is 209 g/mol. The standard InChI is InChI=1S/C10H8FNO3/c1-6(13)15-10-8(14-2)4-3-7(5-12)9(10)11/h3-4H,1-2H3. The van der Waals surface area contributed by atoms with Gasteiger partial charge in [-0.15, -0.1) is 0 Å². The van der Waals surface area contributed by atoms with Crippen LogP contribution in [0.1, 0.15) is 12.5 Å². The van der Waals surface area contributed by atoms with Gasteiger partial charge in [0.2, 0.25) is 5.75 Å². The molecule has 0 saturated carbocycles. The van der Waals surface area contributed by atoms with E-state index < -0.39 is 11.8 Å². The maximum Gasteiger partial charge on any atom is 0.308 e. The predicted octanol–water partition coefficient (Wildman–Crippen LogP) is 1.63. The van der Waals surface area contributed by atoms with E-state index in [1.54, 1.807) is 6.07 Å². The minimum absolute atomic E-state index is 0.0710. The van der Waals surface area contributed by atoms with Crippen molar-refractivity contribution < 1.29 is 18.7 Å². The third-order valence-electron chi connectivity index (χ3n) is 1.65. The fourth-order valence-electron chi connectivity index (χ4n) is 1.02. The van der Waals surface area contributed by atoms with Gasteiger partial charge < -0.3 is 9.47 Å². The Morgan fingerprint density at radius 2 is 2.20 bits per heavy atom. The van der Waals surface area contributed by atoms with Gasteiger partial charge >= 0.3 is 5.97 Å². The summed E-state index contributed by atoms with van der Waals surface area (Å²) in [5, 5.41) is 8.57. The van der Waals surface area contributed by atoms with E-state index in [0.717, 1.165) is 6.92 Å². The van der Waals surface area contributed by atoms with Crippen molar-refractivity contribution >= 4 is 5.97 Å². The molecule has 1 aromatic carbocycles. The van der Waals surface area contributed by atoms with E-state index in [0.29, 0.717) is 0 Å². The molecule has 0 aliphatic heterocycles. The first-order chi connectivity index (χ1) is 7.10. The van der Waals surface area contributed by atoms with Crippen molar-refractivity contribution in [1.29, 1.82) is 5.26 Å². The molecule has 0 radical (unpaired) electrons. The summed E-state index contributed by atoms with van der Waals surface area (Å²) in [6.07, 6.45) is 0. The molecule has 0 amide bonds. The molecule has 5 heteroatoms.